The molecule has 100 valence electrons. The van der Waals surface area contributed by atoms with Crippen LogP contribution in [0.4, 0.5) is 0 Å². The van der Waals surface area contributed by atoms with Gasteiger partial charge >= 0.3 is 0 Å². The van der Waals surface area contributed by atoms with Crippen LogP contribution >= 0.6 is 0 Å². The molecule has 0 radical (unpaired) electrons. The summed E-state index contributed by atoms with van der Waals surface area (Å²) in [6.45, 7) is 1.72. The van der Waals surface area contributed by atoms with Crippen LogP contribution in [0.3, 0.4) is 0 Å². The maximum absolute atomic E-state index is 10.4. The van der Waals surface area contributed by atoms with E-state index < -0.39 is 6.10 Å². The van der Waals surface area contributed by atoms with Crippen LogP contribution in [0.25, 0.3) is 0 Å². The van der Waals surface area contributed by atoms with E-state index in [1.165, 1.54) is 0 Å². The molecule has 0 saturated heterocycles. The lowest BCUT2D eigenvalue weighted by molar-refractivity contribution is -0.117. The monoisotopic (exact) mass is 258 g/mol. The molecule has 0 unspecified atom stereocenters. The molecule has 0 fully saturated rings. The number of nitrogens with two attached hydrogens (primary N) is 1. The quantitative estimate of drug-likeness (QED) is 0.882. The minimum atomic E-state index is -0.404. The van der Waals surface area contributed by atoms with Gasteiger partial charge in [-0.3, -0.25) is 9.78 Å². The molecule has 2 aromatic rings. The number of amides is 1. The summed E-state index contributed by atoms with van der Waals surface area (Å²) in [6.07, 6.45) is 3.27. The highest BCUT2D eigenvalue weighted by atomic mass is 16.3. The van der Waals surface area contributed by atoms with Gasteiger partial charge in [0.2, 0.25) is 5.91 Å². The second-order valence-electron chi connectivity index (χ2n) is 4.09. The largest absolute Gasteiger partial charge is 0.389 e. The standard InChI is InChI=1S/C8H9NO.C7H9NO/c9-8(10)6-7-4-2-1-3-5-7;1-6(9)7-3-2-4-8-5-7/h1-5H,6H2,(H2,9,10);2-6,9H,1H3/t;6-/m.0/s1. The number of benzene rings is 1. The van der Waals surface area contributed by atoms with Crippen LogP contribution in [0.2, 0.25) is 0 Å². The lowest BCUT2D eigenvalue weighted by Gasteiger charge is -2.00. The van der Waals surface area contributed by atoms with Crippen LogP contribution in [0.1, 0.15) is 24.2 Å². The molecule has 0 saturated carbocycles. The summed E-state index contributed by atoms with van der Waals surface area (Å²) in [5, 5.41) is 8.98. The fourth-order valence-corrected chi connectivity index (χ4v) is 1.42. The number of hydrogen-bond acceptors (Lipinski definition) is 3. The van der Waals surface area contributed by atoms with E-state index in [4.69, 9.17) is 10.8 Å². The van der Waals surface area contributed by atoms with Gasteiger partial charge < -0.3 is 10.8 Å². The predicted octanol–water partition coefficient (Wildman–Crippen LogP) is 1.85. The maximum Gasteiger partial charge on any atom is 0.221 e. The third kappa shape index (κ3) is 6.33. The third-order valence-corrected chi connectivity index (χ3v) is 2.39. The zero-order chi connectivity index (χ0) is 14.1. The number of aliphatic hydroxyl groups excluding tert-OH is 1. The minimum absolute atomic E-state index is 0.286. The fourth-order valence-electron chi connectivity index (χ4n) is 1.42. The maximum atomic E-state index is 10.4. The zero-order valence-corrected chi connectivity index (χ0v) is 10.9. The molecule has 0 bridgehead atoms. The predicted molar refractivity (Wildman–Crippen MR) is 74.2 cm³/mol. The summed E-state index contributed by atoms with van der Waals surface area (Å²) in [4.78, 5) is 14.2. The average molecular weight is 258 g/mol. The van der Waals surface area contributed by atoms with Gasteiger partial charge in [0, 0.05) is 12.4 Å². The molecule has 0 aliphatic carbocycles. The summed E-state index contributed by atoms with van der Waals surface area (Å²) in [5.74, 6) is -0.286. The highest BCUT2D eigenvalue weighted by Crippen LogP contribution is 2.07. The van der Waals surface area contributed by atoms with Gasteiger partial charge in [-0.15, -0.1) is 0 Å². The summed E-state index contributed by atoms with van der Waals surface area (Å²) in [7, 11) is 0. The number of hydrogen-bond donors (Lipinski definition) is 2. The van der Waals surface area contributed by atoms with E-state index >= 15 is 0 Å². The highest BCUT2D eigenvalue weighted by molar-refractivity contribution is 5.76. The molecule has 0 aliphatic heterocycles. The molecule has 4 nitrogen and oxygen atoms in total. The number of aromatic nitrogens is 1. The van der Waals surface area contributed by atoms with Crippen LogP contribution in [0, 0.1) is 0 Å². The van der Waals surface area contributed by atoms with Crippen LogP contribution in [-0.2, 0) is 11.2 Å². The van der Waals surface area contributed by atoms with E-state index in [9.17, 15) is 4.79 Å². The summed E-state index contributed by atoms with van der Waals surface area (Å²) in [6, 6.07) is 13.1. The molecule has 1 aromatic carbocycles. The first-order valence-corrected chi connectivity index (χ1v) is 6.00. The van der Waals surface area contributed by atoms with Crippen molar-refractivity contribution in [1.29, 1.82) is 0 Å². The topological polar surface area (TPSA) is 76.2 Å². The number of nitrogens with zero attached hydrogens (tertiary/aromatic N) is 1. The van der Waals surface area contributed by atoms with Crippen molar-refractivity contribution in [2.75, 3.05) is 0 Å². The van der Waals surface area contributed by atoms with E-state index in [1.807, 2.05) is 42.5 Å². The average Bonchev–Trinajstić information content (AvgIpc) is 2.41. The van der Waals surface area contributed by atoms with Crippen LogP contribution < -0.4 is 5.73 Å². The summed E-state index contributed by atoms with van der Waals surface area (Å²) < 4.78 is 0. The Labute approximate surface area is 112 Å². The molecular formula is C15H18N2O2. The van der Waals surface area contributed by atoms with Gasteiger partial charge in [0.05, 0.1) is 12.5 Å². The normalized spacial score (nSPS) is 11.1. The van der Waals surface area contributed by atoms with Crippen molar-refractivity contribution in [1.82, 2.24) is 4.98 Å². The van der Waals surface area contributed by atoms with Gasteiger partial charge in [0.25, 0.3) is 0 Å². The van der Waals surface area contributed by atoms with Gasteiger partial charge in [-0.25, -0.2) is 0 Å². The van der Waals surface area contributed by atoms with Crippen molar-refractivity contribution in [3.8, 4) is 0 Å². The van der Waals surface area contributed by atoms with Gasteiger partial charge in [-0.2, -0.15) is 0 Å². The fraction of sp³-hybridized carbons (Fsp3) is 0.200. The summed E-state index contributed by atoms with van der Waals surface area (Å²) in [5.41, 5.74) is 6.81. The molecule has 1 heterocycles. The molecule has 19 heavy (non-hydrogen) atoms. The molecule has 0 spiro atoms. The lowest BCUT2D eigenvalue weighted by atomic mass is 10.1. The van der Waals surface area contributed by atoms with Gasteiger partial charge in [-0.1, -0.05) is 36.4 Å². The Bertz CT molecular complexity index is 484. The number of primary amides is 1. The van der Waals surface area contributed by atoms with E-state index in [1.54, 1.807) is 19.3 Å². The van der Waals surface area contributed by atoms with E-state index in [2.05, 4.69) is 4.98 Å². The smallest absolute Gasteiger partial charge is 0.221 e. The van der Waals surface area contributed by atoms with Crippen molar-refractivity contribution in [2.45, 2.75) is 19.4 Å². The first-order valence-electron chi connectivity index (χ1n) is 6.00. The van der Waals surface area contributed by atoms with Crippen molar-refractivity contribution in [3.63, 3.8) is 0 Å². The molecule has 1 aromatic heterocycles. The SMILES string of the molecule is C[C@H](O)c1cccnc1.NC(=O)Cc1ccccc1. The zero-order valence-electron chi connectivity index (χ0n) is 10.9. The molecule has 3 N–H and O–H groups in total. The van der Waals surface area contributed by atoms with E-state index in [0.29, 0.717) is 6.42 Å². The first kappa shape index (κ1) is 14.9. The molecule has 1 atom stereocenters. The van der Waals surface area contributed by atoms with Crippen molar-refractivity contribution in [2.24, 2.45) is 5.73 Å². The molecular weight excluding hydrogens is 240 g/mol. The van der Waals surface area contributed by atoms with Crippen LogP contribution in [0.15, 0.2) is 54.9 Å². The first-order chi connectivity index (χ1) is 9.09. The number of carbonyl (C=O) groups is 1. The number of aliphatic hydroxyl groups is 1. The number of rotatable bonds is 3. The van der Waals surface area contributed by atoms with Crippen LogP contribution in [-0.4, -0.2) is 16.0 Å². The molecule has 0 aliphatic rings. The van der Waals surface area contributed by atoms with Crippen molar-refractivity contribution in [3.05, 3.63) is 66.0 Å². The van der Waals surface area contributed by atoms with E-state index in [-0.39, 0.29) is 5.91 Å². The second kappa shape index (κ2) is 8.00. The molecule has 4 heteroatoms. The second-order valence-corrected chi connectivity index (χ2v) is 4.09. The minimum Gasteiger partial charge on any atom is -0.389 e. The Balaban J connectivity index is 0.000000191. The van der Waals surface area contributed by atoms with Crippen molar-refractivity contribution >= 4 is 5.91 Å². The Hall–Kier alpha value is -2.20. The van der Waals surface area contributed by atoms with E-state index in [0.717, 1.165) is 11.1 Å². The Morgan fingerprint density at radius 3 is 2.37 bits per heavy atom. The van der Waals surface area contributed by atoms with Crippen LogP contribution in [0.5, 0.6) is 0 Å². The third-order valence-electron chi connectivity index (χ3n) is 2.39. The van der Waals surface area contributed by atoms with Crippen molar-refractivity contribution < 1.29 is 9.90 Å². The Morgan fingerprint density at radius 1 is 1.26 bits per heavy atom. The number of carbonyl (C=O) groups excluding carboxylic acids is 1. The summed E-state index contributed by atoms with van der Waals surface area (Å²) >= 11 is 0. The molecule has 1 amide bonds. The Morgan fingerprint density at radius 2 is 1.95 bits per heavy atom. The van der Waals surface area contributed by atoms with Gasteiger partial charge in [0.1, 0.15) is 0 Å². The molecule has 2 rings (SSSR count). The highest BCUT2D eigenvalue weighted by Gasteiger charge is 1.96. The number of pyridine rings is 1. The lowest BCUT2D eigenvalue weighted by Crippen LogP contribution is -2.13. The van der Waals surface area contributed by atoms with Gasteiger partial charge in [0.15, 0.2) is 0 Å². The Kier molecular flexibility index (Phi) is 6.26. The van der Waals surface area contributed by atoms with Gasteiger partial charge in [-0.05, 0) is 24.1 Å².